The van der Waals surface area contributed by atoms with Gasteiger partial charge in [-0.3, -0.25) is 58.8 Å². The molecule has 6 aliphatic heterocycles. The molecule has 15 heterocycles. The van der Waals surface area contributed by atoms with E-state index in [1.807, 2.05) is 107 Å². The number of aromatic nitrogens is 12. The molecular weight excluding hydrogens is 1680 g/mol. The highest BCUT2D eigenvalue weighted by atomic mass is 32.1. The molecule has 0 radical (unpaired) electrons. The van der Waals surface area contributed by atoms with Crippen molar-refractivity contribution in [3.05, 3.63) is 142 Å². The average Bonchev–Trinajstić information content (AvgIpc) is 1.61. The van der Waals surface area contributed by atoms with Gasteiger partial charge in [-0.2, -0.15) is 15.3 Å². The van der Waals surface area contributed by atoms with Gasteiger partial charge >= 0.3 is 0 Å². The highest BCUT2D eigenvalue weighted by Crippen LogP contribution is 2.41. The smallest absolute Gasteiger partial charge is 0.223 e. The van der Waals surface area contributed by atoms with E-state index in [1.165, 1.54) is 26.6 Å². The minimum absolute atomic E-state index is 0.00255. The van der Waals surface area contributed by atoms with E-state index in [-0.39, 0.29) is 60.8 Å². The van der Waals surface area contributed by atoms with Crippen molar-refractivity contribution in [3.8, 4) is 34.2 Å². The molecule has 3 aromatic carbocycles. The molecular formula is C94H112N22O9S3. The summed E-state index contributed by atoms with van der Waals surface area (Å²) < 4.78 is 20.2. The lowest BCUT2D eigenvalue weighted by Gasteiger charge is -2.34. The minimum atomic E-state index is 0.00255. The van der Waals surface area contributed by atoms with Gasteiger partial charge in [0.2, 0.25) is 17.7 Å². The van der Waals surface area contributed by atoms with Crippen LogP contribution in [0.4, 0.5) is 17.5 Å². The fourth-order valence-corrected chi connectivity index (χ4v) is 20.6. The molecule has 0 unspecified atom stereocenters. The monoisotopic (exact) mass is 1790 g/mol. The molecule has 0 bridgehead atoms. The summed E-state index contributed by atoms with van der Waals surface area (Å²) in [4.78, 5) is 131. The highest BCUT2D eigenvalue weighted by Gasteiger charge is 2.31. The summed E-state index contributed by atoms with van der Waals surface area (Å²) in [6, 6.07) is 24.8. The Kier molecular flexibility index (Phi) is 29.2. The number of rotatable bonds is 28. The maximum atomic E-state index is 12.8. The predicted molar refractivity (Wildman–Crippen MR) is 503 cm³/mol. The Hall–Kier alpha value is -11.1. The number of anilines is 3. The molecule has 670 valence electrons. The van der Waals surface area contributed by atoms with E-state index < -0.39 is 0 Å². The Morgan fingerprint density at radius 1 is 0.422 bits per heavy atom. The number of benzene rings is 3. The molecule has 12 aromatic rings. The van der Waals surface area contributed by atoms with Crippen LogP contribution in [0.25, 0.3) is 97.5 Å². The van der Waals surface area contributed by atoms with Crippen LogP contribution in [0, 0.1) is 5.92 Å². The van der Waals surface area contributed by atoms with E-state index >= 15 is 0 Å². The molecule has 7 fully saturated rings. The van der Waals surface area contributed by atoms with E-state index in [4.69, 9.17) is 44.1 Å². The Balaban J connectivity index is 0.000000135. The number of ether oxygens (including phenoxy) is 3. The molecule has 6 saturated heterocycles. The summed E-state index contributed by atoms with van der Waals surface area (Å²) in [6.07, 6.45) is 20.1. The predicted octanol–water partition coefficient (Wildman–Crippen LogP) is 12.0. The van der Waals surface area contributed by atoms with Gasteiger partial charge in [-0.15, -0.1) is 34.0 Å². The Morgan fingerprint density at radius 3 is 1.08 bits per heavy atom. The van der Waals surface area contributed by atoms with Crippen molar-refractivity contribution in [2.45, 2.75) is 97.7 Å². The van der Waals surface area contributed by atoms with Crippen LogP contribution >= 0.6 is 34.0 Å². The number of piperazine rings is 3. The standard InChI is InChI=1S/C32H39N7O3S.C31H38N8O3S.C31H35N7O3S/c1-22(2)5-3-6-23(40)9-10-29(41)38-13-11-37(12-14-38)21-24-19-28-30(43-24)32(39-15-17-42-18-16-39)35-31(34-28)25-7-4-8-27-26(25)20-33-36-27;1-36(2)10-4-5-22(40)8-9-28(41)38-13-11-37(12-14-38)21-23-19-27-29(43-23)31(39-15-17-42-18-16-39)34-30(33-27)24-6-3-7-26-25(24)20-32-35-26;39-22(17-21-3-1-4-21)7-8-28(40)37-11-9-36(10-12-37)20-23-18-27-29(42-23)31(38-13-15-41-16-14-38)34-30(33-27)24-5-2-6-26-25(24)19-32-35-26/h3-4,6-8,19-20,22H,5,9-18,21H2,1-2H3,(H,33,36);3-7,19-20H,8-18,21H2,1-2H3,(H,32,35);2,5-6,17-19H,1,3-4,7-16,20H2,(H,32,35)/b6-3+;5-4+;. The number of likely N-dealkylation sites (N-methyl/N-ethyl adjacent to an activating group) is 1. The highest BCUT2D eigenvalue weighted by molar-refractivity contribution is 7.20. The summed E-state index contributed by atoms with van der Waals surface area (Å²) >= 11 is 5.27. The number of ketones is 3. The number of nitrogens with one attached hydrogen (secondary N) is 3. The SMILES string of the molecule is CC(C)C/C=C/C(=O)CCC(=O)N1CCN(Cc2cc3nc(-c4cccc5[nH]ncc45)nc(N4CCOCC4)c3s2)CC1.CN(C)C/C=C/C(=O)CCC(=O)N1CCN(Cc2cc3nc(-c4cccc5[nH]ncc45)nc(N4CCOCC4)c3s2)CC1.O=C(C=C1CCC1)CCC(=O)N1CCN(Cc2cc3nc(-c4cccc5[nH]ncc45)nc(N4CCOCC4)c3s2)CC1. The lowest BCUT2D eigenvalue weighted by molar-refractivity contribution is -0.134. The van der Waals surface area contributed by atoms with Crippen LogP contribution in [0.5, 0.6) is 0 Å². The van der Waals surface area contributed by atoms with E-state index in [0.29, 0.717) is 122 Å². The molecule has 3 amide bonds. The van der Waals surface area contributed by atoms with Gasteiger partial charge in [-0.25, -0.2) is 29.9 Å². The molecule has 1 saturated carbocycles. The van der Waals surface area contributed by atoms with Crippen LogP contribution in [0.15, 0.2) is 127 Å². The number of carbonyl (C=O) groups is 6. The van der Waals surface area contributed by atoms with E-state index in [0.717, 1.165) is 215 Å². The van der Waals surface area contributed by atoms with Gasteiger partial charge in [0.15, 0.2) is 52.3 Å². The normalized spacial score (nSPS) is 17.2. The first-order chi connectivity index (χ1) is 62.5. The zero-order valence-corrected chi connectivity index (χ0v) is 75.8. The molecule has 128 heavy (non-hydrogen) atoms. The molecule has 34 heteroatoms. The lowest BCUT2D eigenvalue weighted by atomic mass is 9.91. The number of nitrogens with zero attached hydrogens (tertiary/aromatic N) is 19. The molecule has 3 N–H and O–H groups in total. The number of amides is 3. The minimum Gasteiger partial charge on any atom is -0.378 e. The number of thiophene rings is 3. The van der Waals surface area contributed by atoms with Crippen molar-refractivity contribution in [1.29, 1.82) is 0 Å². The van der Waals surface area contributed by atoms with Crippen LogP contribution in [-0.4, -0.2) is 308 Å². The van der Waals surface area contributed by atoms with E-state index in [9.17, 15) is 28.8 Å². The second-order valence-corrected chi connectivity index (χ2v) is 37.7. The van der Waals surface area contributed by atoms with Crippen LogP contribution in [0.1, 0.15) is 92.7 Å². The van der Waals surface area contributed by atoms with Crippen LogP contribution in [-0.2, 0) is 62.6 Å². The van der Waals surface area contributed by atoms with Crippen LogP contribution < -0.4 is 14.7 Å². The average molecular weight is 1790 g/mol. The fraction of sp³-hybridized carbons (Fsp3) is 0.457. The van der Waals surface area contributed by atoms with Crippen molar-refractivity contribution in [1.82, 2.24) is 94.8 Å². The second kappa shape index (κ2) is 42.0. The third-order valence-corrected chi connectivity index (χ3v) is 27.8. The Morgan fingerprint density at radius 2 is 0.758 bits per heavy atom. The third-order valence-electron chi connectivity index (χ3n) is 24.4. The van der Waals surface area contributed by atoms with Crippen molar-refractivity contribution in [3.63, 3.8) is 0 Å². The number of hydrogen-bond donors (Lipinski definition) is 3. The number of carbonyl (C=O) groups excluding carboxylic acids is 6. The summed E-state index contributed by atoms with van der Waals surface area (Å²) in [5.41, 5.74) is 9.86. The van der Waals surface area contributed by atoms with Gasteiger partial charge in [0.25, 0.3) is 0 Å². The molecule has 19 rings (SSSR count). The summed E-state index contributed by atoms with van der Waals surface area (Å²) in [7, 11) is 3.91. The molecule has 0 atom stereocenters. The number of hydrogen-bond acceptors (Lipinski definition) is 28. The van der Waals surface area contributed by atoms with Gasteiger partial charge in [-0.05, 0) is 100 Å². The maximum Gasteiger partial charge on any atom is 0.223 e. The number of allylic oxidation sites excluding steroid dienone is 5. The summed E-state index contributed by atoms with van der Waals surface area (Å²) in [6.45, 7) is 25.2. The van der Waals surface area contributed by atoms with Crippen molar-refractivity contribution < 1.29 is 43.0 Å². The van der Waals surface area contributed by atoms with Gasteiger partial charge in [0, 0.05) is 230 Å². The van der Waals surface area contributed by atoms with Gasteiger partial charge in [0.05, 0.1) is 105 Å². The van der Waals surface area contributed by atoms with Gasteiger partial charge in [-0.1, -0.05) is 68.0 Å². The first-order valence-electron chi connectivity index (χ1n) is 44.9. The molecule has 31 nitrogen and oxygen atoms in total. The Labute approximate surface area is 755 Å². The van der Waals surface area contributed by atoms with Gasteiger partial charge in [0.1, 0.15) is 0 Å². The second-order valence-electron chi connectivity index (χ2n) is 34.3. The zero-order valence-electron chi connectivity index (χ0n) is 73.4. The summed E-state index contributed by atoms with van der Waals surface area (Å²) in [5, 5.41) is 24.8. The number of fused-ring (bicyclic) bond motifs is 6. The zero-order chi connectivity index (χ0) is 88.0. The van der Waals surface area contributed by atoms with Crippen LogP contribution in [0.3, 0.4) is 0 Å². The van der Waals surface area contributed by atoms with Gasteiger partial charge < -0.3 is 48.5 Å². The quantitative estimate of drug-likeness (QED) is 0.0384. The fourth-order valence-electron chi connectivity index (χ4n) is 17.1. The number of aromatic amines is 3. The lowest BCUT2D eigenvalue weighted by Crippen LogP contribution is -2.48. The van der Waals surface area contributed by atoms with Crippen molar-refractivity contribution >= 4 is 150 Å². The first-order valence-corrected chi connectivity index (χ1v) is 47.4. The van der Waals surface area contributed by atoms with Crippen molar-refractivity contribution in [2.75, 3.05) is 193 Å². The molecule has 1 aliphatic carbocycles. The number of morpholine rings is 3. The molecule has 7 aliphatic rings. The van der Waals surface area contributed by atoms with E-state index in [1.54, 1.807) is 52.2 Å². The molecule has 0 spiro atoms. The third kappa shape index (κ3) is 22.1. The van der Waals surface area contributed by atoms with E-state index in [2.05, 4.69) is 104 Å². The molecule has 9 aromatic heterocycles. The largest absolute Gasteiger partial charge is 0.378 e. The summed E-state index contributed by atoms with van der Waals surface area (Å²) in [5.74, 6) is 5.84. The topological polar surface area (TPSA) is 326 Å². The Bertz CT molecular complexity index is 5780. The number of H-pyrrole nitrogens is 3. The van der Waals surface area contributed by atoms with Crippen molar-refractivity contribution in [2.24, 2.45) is 5.92 Å². The maximum absolute atomic E-state index is 12.8. The first kappa shape index (κ1) is 89.0. The van der Waals surface area contributed by atoms with Crippen LogP contribution in [0.2, 0.25) is 0 Å².